The SMILES string of the molecule is [C-]#[N+]C1=C(c2ccc([N+]#[C-])c([N+]#[C-])c2)/C(=C(/C#N)[N+]#[C-])c2c(C#N)c3c(c(C#N)c21)C(C#N)=C(c1ccc(C#N)c(C#N)c1)/C3=C(\C#N)[N+]#[C-]. The molecular formula is C38H6N12. The first-order chi connectivity index (χ1) is 24.3. The van der Waals surface area contributed by atoms with Crippen molar-refractivity contribution in [1.82, 2.24) is 0 Å². The fourth-order valence-electron chi connectivity index (χ4n) is 6.00. The van der Waals surface area contributed by atoms with Crippen LogP contribution in [0.3, 0.4) is 0 Å². The summed E-state index contributed by atoms with van der Waals surface area (Å²) in [5.41, 5.74) is -3.86. The maximum Gasteiger partial charge on any atom is 0.270 e. The Morgan fingerprint density at radius 1 is 0.500 bits per heavy atom. The predicted octanol–water partition coefficient (Wildman–Crippen LogP) is 7.83. The van der Waals surface area contributed by atoms with E-state index < -0.39 is 11.4 Å². The Bertz CT molecular complexity index is 2660. The lowest BCUT2D eigenvalue weighted by Gasteiger charge is -2.17. The van der Waals surface area contributed by atoms with Crippen LogP contribution in [-0.4, -0.2) is 0 Å². The van der Waals surface area contributed by atoms with Crippen molar-refractivity contribution < 1.29 is 0 Å². The molecule has 5 rings (SSSR count). The molecule has 2 aliphatic carbocycles. The molecule has 0 saturated carbocycles. The summed E-state index contributed by atoms with van der Waals surface area (Å²) in [5.74, 6) is 0. The molecule has 50 heavy (non-hydrogen) atoms. The van der Waals surface area contributed by atoms with Crippen LogP contribution < -0.4 is 0 Å². The average Bonchev–Trinajstić information content (AvgIpc) is 3.67. The number of hydrogen-bond acceptors (Lipinski definition) is 7. The lowest BCUT2D eigenvalue weighted by Crippen LogP contribution is -2.04. The van der Waals surface area contributed by atoms with Crippen LogP contribution in [0, 0.1) is 112 Å². The Morgan fingerprint density at radius 2 is 1.04 bits per heavy atom. The molecule has 0 fully saturated rings. The minimum atomic E-state index is -0.598. The van der Waals surface area contributed by atoms with Crippen molar-refractivity contribution in [1.29, 1.82) is 36.8 Å². The molecule has 0 aromatic heterocycles. The third-order valence-electron chi connectivity index (χ3n) is 7.88. The molecular weight excluding hydrogens is 625 g/mol. The number of hydrogen-bond donors (Lipinski definition) is 0. The molecule has 0 radical (unpaired) electrons. The van der Waals surface area contributed by atoms with E-state index in [2.05, 4.69) is 24.2 Å². The van der Waals surface area contributed by atoms with E-state index in [9.17, 15) is 36.8 Å². The molecule has 0 spiro atoms. The van der Waals surface area contributed by atoms with E-state index >= 15 is 0 Å². The summed E-state index contributed by atoms with van der Waals surface area (Å²) >= 11 is 0. The summed E-state index contributed by atoms with van der Waals surface area (Å²) in [7, 11) is 0. The summed E-state index contributed by atoms with van der Waals surface area (Å²) in [4.78, 5) is 17.0. The van der Waals surface area contributed by atoms with Crippen molar-refractivity contribution in [2.75, 3.05) is 0 Å². The Balaban J connectivity index is 2.11. The highest BCUT2D eigenvalue weighted by Crippen LogP contribution is 2.58. The highest BCUT2D eigenvalue weighted by molar-refractivity contribution is 6.31. The second-order valence-corrected chi connectivity index (χ2v) is 9.98. The predicted molar refractivity (Wildman–Crippen MR) is 175 cm³/mol. The minimum Gasteiger partial charge on any atom is -0.250 e. The summed E-state index contributed by atoms with van der Waals surface area (Å²) < 4.78 is 0. The number of rotatable bonds is 2. The number of nitrogens with zero attached hydrogens (tertiary/aromatic N) is 12. The Hall–Kier alpha value is -9.50. The first-order valence-electron chi connectivity index (χ1n) is 13.5. The van der Waals surface area contributed by atoms with Gasteiger partial charge >= 0.3 is 0 Å². The highest BCUT2D eigenvalue weighted by Gasteiger charge is 2.43. The molecule has 12 heteroatoms. The third-order valence-corrected chi connectivity index (χ3v) is 7.88. The van der Waals surface area contributed by atoms with Crippen LogP contribution in [0.1, 0.15) is 55.6 Å². The number of nitriles is 7. The zero-order valence-corrected chi connectivity index (χ0v) is 24.8. The normalized spacial score (nSPS) is 13.7. The fourth-order valence-corrected chi connectivity index (χ4v) is 6.00. The van der Waals surface area contributed by atoms with Gasteiger partial charge in [0.1, 0.15) is 24.3 Å². The smallest absolute Gasteiger partial charge is 0.250 e. The molecule has 2 aliphatic rings. The van der Waals surface area contributed by atoms with Gasteiger partial charge in [0.25, 0.3) is 11.4 Å². The van der Waals surface area contributed by atoms with E-state index in [1.807, 2.05) is 30.3 Å². The van der Waals surface area contributed by atoms with E-state index in [1.54, 1.807) is 12.1 Å². The Labute approximate surface area is 284 Å². The van der Waals surface area contributed by atoms with Gasteiger partial charge in [0.15, 0.2) is 11.4 Å². The molecule has 0 N–H and O–H groups in total. The standard InChI is InChI=1S/C38H6N12/c1-46-26-9-8-20(11-27(26)47-2)31-37(29(18-45)49-4)34-25(16-43)33-32(24(15-42)35(34)38(31)50-5)23(14-41)30(36(33)28(17-44)48-3)19-6-7-21(12-39)22(10-19)13-40/h6-11H/b36-28-,37-29+. The highest BCUT2D eigenvalue weighted by atomic mass is 14.8. The van der Waals surface area contributed by atoms with Gasteiger partial charge in [-0.3, -0.25) is 9.69 Å². The van der Waals surface area contributed by atoms with Crippen LogP contribution in [0.4, 0.5) is 11.4 Å². The molecule has 0 atom stereocenters. The van der Waals surface area contributed by atoms with E-state index in [1.165, 1.54) is 36.4 Å². The van der Waals surface area contributed by atoms with Crippen molar-refractivity contribution in [3.8, 4) is 42.5 Å². The summed E-state index contributed by atoms with van der Waals surface area (Å²) in [5, 5.41) is 71.6. The first kappa shape index (κ1) is 31.9. The van der Waals surface area contributed by atoms with Crippen LogP contribution in [0.25, 0.3) is 57.8 Å². The number of benzene rings is 3. The van der Waals surface area contributed by atoms with Crippen LogP contribution >= 0.6 is 0 Å². The zero-order chi connectivity index (χ0) is 36.3. The number of allylic oxidation sites excluding steroid dienone is 7. The third kappa shape index (κ3) is 4.28. The Morgan fingerprint density at radius 3 is 1.54 bits per heavy atom. The second kappa shape index (κ2) is 12.5. The van der Waals surface area contributed by atoms with Crippen LogP contribution in [0.2, 0.25) is 0 Å². The molecule has 0 aliphatic heterocycles. The first-order valence-corrected chi connectivity index (χ1v) is 13.5. The second-order valence-electron chi connectivity index (χ2n) is 9.98. The summed E-state index contributed by atoms with van der Waals surface area (Å²) in [6.07, 6.45) is 0. The topological polar surface area (TPSA) is 188 Å². The van der Waals surface area contributed by atoms with E-state index in [-0.39, 0.29) is 101 Å². The fraction of sp³-hybridized carbons (Fsp3) is 0. The van der Waals surface area contributed by atoms with E-state index in [4.69, 9.17) is 32.9 Å². The molecule has 218 valence electrons. The van der Waals surface area contributed by atoms with Crippen molar-refractivity contribution in [2.24, 2.45) is 0 Å². The maximum absolute atomic E-state index is 10.8. The quantitative estimate of drug-likeness (QED) is 0.204. The molecule has 0 saturated heterocycles. The largest absolute Gasteiger partial charge is 0.270 e. The minimum absolute atomic E-state index is 0.000357. The average molecular weight is 631 g/mol. The summed E-state index contributed by atoms with van der Waals surface area (Å²) in [6, 6.07) is 21.3. The van der Waals surface area contributed by atoms with Crippen LogP contribution in [-0.2, 0) is 0 Å². The van der Waals surface area contributed by atoms with Gasteiger partial charge in [0.05, 0.1) is 78.9 Å². The van der Waals surface area contributed by atoms with Gasteiger partial charge in [0, 0.05) is 22.3 Å². The van der Waals surface area contributed by atoms with Gasteiger partial charge in [-0.1, -0.05) is 24.3 Å². The zero-order valence-electron chi connectivity index (χ0n) is 24.8. The maximum atomic E-state index is 10.8. The molecule has 0 amide bonds. The van der Waals surface area contributed by atoms with E-state index in [0.29, 0.717) is 0 Å². The van der Waals surface area contributed by atoms with Gasteiger partial charge in [-0.05, 0) is 45.5 Å². The molecule has 12 nitrogen and oxygen atoms in total. The van der Waals surface area contributed by atoms with Crippen LogP contribution in [0.5, 0.6) is 0 Å². The molecule has 0 heterocycles. The van der Waals surface area contributed by atoms with Crippen molar-refractivity contribution in [2.45, 2.75) is 0 Å². The van der Waals surface area contributed by atoms with Gasteiger partial charge in [-0.25, -0.2) is 25.1 Å². The van der Waals surface area contributed by atoms with Gasteiger partial charge in [0.2, 0.25) is 5.70 Å². The monoisotopic (exact) mass is 630 g/mol. The summed E-state index contributed by atoms with van der Waals surface area (Å²) in [6.45, 7) is 38.8. The van der Waals surface area contributed by atoms with Crippen molar-refractivity contribution in [3.63, 3.8) is 0 Å². The van der Waals surface area contributed by atoms with Gasteiger partial charge in [-0.15, -0.1) is 0 Å². The van der Waals surface area contributed by atoms with Gasteiger partial charge in [-0.2, -0.15) is 26.3 Å². The van der Waals surface area contributed by atoms with Gasteiger partial charge < -0.3 is 0 Å². The molecule has 0 unspecified atom stereocenters. The van der Waals surface area contributed by atoms with Crippen molar-refractivity contribution >= 4 is 44.9 Å². The number of fused-ring (bicyclic) bond motifs is 2. The Kier molecular flexibility index (Phi) is 7.96. The lowest BCUT2D eigenvalue weighted by atomic mass is 9.83. The molecule has 0 bridgehead atoms. The van der Waals surface area contributed by atoms with E-state index in [0.717, 1.165) is 0 Å². The lowest BCUT2D eigenvalue weighted by molar-refractivity contribution is 1.38. The molecule has 3 aromatic carbocycles. The van der Waals surface area contributed by atoms with Crippen molar-refractivity contribution in [3.05, 3.63) is 161 Å². The molecule has 3 aromatic rings. The van der Waals surface area contributed by atoms with Crippen LogP contribution in [0.15, 0.2) is 47.8 Å².